The van der Waals surface area contributed by atoms with E-state index < -0.39 is 17.8 Å². The lowest BCUT2D eigenvalue weighted by molar-refractivity contribution is -0.142. The van der Waals surface area contributed by atoms with Gasteiger partial charge >= 0.3 is 5.97 Å². The first-order valence-corrected chi connectivity index (χ1v) is 5.81. The molecule has 5 heteroatoms. The first kappa shape index (κ1) is 14.0. The molecule has 0 aliphatic heterocycles. The van der Waals surface area contributed by atoms with Gasteiger partial charge in [-0.2, -0.15) is 0 Å². The Kier molecular flexibility index (Phi) is 4.54. The maximum atomic E-state index is 12.0. The van der Waals surface area contributed by atoms with E-state index in [0.29, 0.717) is 15.6 Å². The number of hydrogen-bond acceptors (Lipinski definition) is 2. The number of carbonyl (C=O) groups is 2. The van der Waals surface area contributed by atoms with Gasteiger partial charge in [0.05, 0.1) is 5.92 Å². The third-order valence-electron chi connectivity index (χ3n) is 2.70. The van der Waals surface area contributed by atoms with Gasteiger partial charge in [0.2, 0.25) is 0 Å². The van der Waals surface area contributed by atoms with Crippen LogP contribution in [0.15, 0.2) is 18.2 Å². The Morgan fingerprint density at radius 3 is 1.94 bits per heavy atom. The molecule has 1 rings (SSSR count). The molecule has 0 radical (unpaired) electrons. The number of hydrogen-bond donors (Lipinski definition) is 1. The van der Waals surface area contributed by atoms with Crippen LogP contribution >= 0.6 is 23.2 Å². The zero-order valence-corrected chi connectivity index (χ0v) is 10.9. The predicted octanol–water partition coefficient (Wildman–Crippen LogP) is 3.53. The Balaban J connectivity index is 3.00. The van der Waals surface area contributed by atoms with Gasteiger partial charge < -0.3 is 5.11 Å². The van der Waals surface area contributed by atoms with Crippen LogP contribution < -0.4 is 0 Å². The second kappa shape index (κ2) is 5.52. The Labute approximate surface area is 109 Å². The number of aliphatic carboxylic acids is 1. The minimum absolute atomic E-state index is 0.274. The molecular weight excluding hydrogens is 263 g/mol. The maximum Gasteiger partial charge on any atom is 0.306 e. The molecule has 3 nitrogen and oxygen atoms in total. The van der Waals surface area contributed by atoms with Crippen molar-refractivity contribution in [2.75, 3.05) is 0 Å². The second-order valence-electron chi connectivity index (χ2n) is 3.94. The van der Waals surface area contributed by atoms with E-state index in [0.717, 1.165) is 0 Å². The summed E-state index contributed by atoms with van der Waals surface area (Å²) in [5.74, 6) is -2.65. The Hall–Kier alpha value is -1.06. The molecule has 0 saturated heterocycles. The molecule has 0 amide bonds. The smallest absolute Gasteiger partial charge is 0.306 e. The topological polar surface area (TPSA) is 54.4 Å². The minimum Gasteiger partial charge on any atom is -0.481 e. The first-order chi connectivity index (χ1) is 7.82. The van der Waals surface area contributed by atoms with Crippen LogP contribution in [0.3, 0.4) is 0 Å². The molecular formula is C12H12Cl2O3. The summed E-state index contributed by atoms with van der Waals surface area (Å²) in [5.41, 5.74) is 0.336. The molecule has 0 heterocycles. The number of carboxylic acid groups (broad SMARTS) is 1. The Morgan fingerprint density at radius 1 is 1.06 bits per heavy atom. The predicted molar refractivity (Wildman–Crippen MR) is 66.8 cm³/mol. The van der Waals surface area contributed by atoms with Gasteiger partial charge in [0.25, 0.3) is 0 Å². The SMILES string of the molecule is CC(C(=O)O)C(C)C(=O)c1cc(Cl)cc(Cl)c1. The second-order valence-corrected chi connectivity index (χ2v) is 4.81. The summed E-state index contributed by atoms with van der Waals surface area (Å²) in [6.07, 6.45) is 0. The van der Waals surface area contributed by atoms with E-state index in [1.807, 2.05) is 0 Å². The molecule has 0 fully saturated rings. The fourth-order valence-corrected chi connectivity index (χ4v) is 1.93. The molecule has 2 atom stereocenters. The van der Waals surface area contributed by atoms with Crippen molar-refractivity contribution >= 4 is 35.0 Å². The van der Waals surface area contributed by atoms with Crippen LogP contribution in [0.2, 0.25) is 10.0 Å². The van der Waals surface area contributed by atoms with Gasteiger partial charge in [0, 0.05) is 21.5 Å². The van der Waals surface area contributed by atoms with Crippen molar-refractivity contribution in [1.82, 2.24) is 0 Å². The van der Waals surface area contributed by atoms with Crippen LogP contribution in [0.1, 0.15) is 24.2 Å². The van der Waals surface area contributed by atoms with Gasteiger partial charge in [-0.25, -0.2) is 0 Å². The van der Waals surface area contributed by atoms with Crippen molar-refractivity contribution in [2.45, 2.75) is 13.8 Å². The van der Waals surface area contributed by atoms with E-state index in [2.05, 4.69) is 0 Å². The van der Waals surface area contributed by atoms with Crippen LogP contribution in [-0.4, -0.2) is 16.9 Å². The molecule has 0 aliphatic rings. The zero-order chi connectivity index (χ0) is 13.2. The maximum absolute atomic E-state index is 12.0. The lowest BCUT2D eigenvalue weighted by Gasteiger charge is -2.15. The number of ketones is 1. The van der Waals surface area contributed by atoms with Gasteiger partial charge in [-0.05, 0) is 18.2 Å². The van der Waals surface area contributed by atoms with Crippen LogP contribution in [-0.2, 0) is 4.79 Å². The van der Waals surface area contributed by atoms with E-state index in [9.17, 15) is 9.59 Å². The van der Waals surface area contributed by atoms with Crippen molar-refractivity contribution in [3.05, 3.63) is 33.8 Å². The molecule has 0 spiro atoms. The van der Waals surface area contributed by atoms with E-state index >= 15 is 0 Å². The lowest BCUT2D eigenvalue weighted by atomic mass is 9.88. The van der Waals surface area contributed by atoms with Gasteiger partial charge in [-0.15, -0.1) is 0 Å². The molecule has 2 unspecified atom stereocenters. The quantitative estimate of drug-likeness (QED) is 0.855. The normalized spacial score (nSPS) is 14.1. The van der Waals surface area contributed by atoms with E-state index in [-0.39, 0.29) is 5.78 Å². The molecule has 1 aromatic carbocycles. The number of Topliss-reactive ketones (excluding diaryl/α,β-unsaturated/α-hetero) is 1. The van der Waals surface area contributed by atoms with Gasteiger partial charge in [0.1, 0.15) is 0 Å². The fourth-order valence-electron chi connectivity index (χ4n) is 1.40. The van der Waals surface area contributed by atoms with E-state index in [4.69, 9.17) is 28.3 Å². The Bertz CT molecular complexity index is 437. The summed E-state index contributed by atoms with van der Waals surface area (Å²) in [5, 5.41) is 9.57. The van der Waals surface area contributed by atoms with Crippen LogP contribution in [0, 0.1) is 11.8 Å². The molecule has 92 valence electrons. The summed E-state index contributed by atoms with van der Waals surface area (Å²) in [4.78, 5) is 22.8. The molecule has 1 aromatic rings. The van der Waals surface area contributed by atoms with Crippen molar-refractivity contribution in [1.29, 1.82) is 0 Å². The molecule has 0 saturated carbocycles. The first-order valence-electron chi connectivity index (χ1n) is 5.06. The fraction of sp³-hybridized carbons (Fsp3) is 0.333. The van der Waals surface area contributed by atoms with E-state index in [1.54, 1.807) is 6.92 Å². The molecule has 17 heavy (non-hydrogen) atoms. The van der Waals surface area contributed by atoms with E-state index in [1.165, 1.54) is 25.1 Å². The van der Waals surface area contributed by atoms with Crippen LogP contribution in [0.25, 0.3) is 0 Å². The average molecular weight is 275 g/mol. The molecule has 1 N–H and O–H groups in total. The van der Waals surface area contributed by atoms with Crippen molar-refractivity contribution in [3.8, 4) is 0 Å². The number of benzene rings is 1. The average Bonchev–Trinajstić information content (AvgIpc) is 2.24. The highest BCUT2D eigenvalue weighted by Gasteiger charge is 2.26. The van der Waals surface area contributed by atoms with Crippen LogP contribution in [0.4, 0.5) is 0 Å². The third kappa shape index (κ3) is 3.45. The summed E-state index contributed by atoms with van der Waals surface area (Å²) in [7, 11) is 0. The highest BCUT2D eigenvalue weighted by atomic mass is 35.5. The molecule has 0 aliphatic carbocycles. The van der Waals surface area contributed by atoms with Crippen molar-refractivity contribution in [2.24, 2.45) is 11.8 Å². The highest BCUT2D eigenvalue weighted by molar-refractivity contribution is 6.35. The minimum atomic E-state index is -1.00. The monoisotopic (exact) mass is 274 g/mol. The summed E-state index contributed by atoms with van der Waals surface area (Å²) >= 11 is 11.6. The number of carbonyl (C=O) groups excluding carboxylic acids is 1. The molecule has 0 aromatic heterocycles. The van der Waals surface area contributed by atoms with Gasteiger partial charge in [0.15, 0.2) is 5.78 Å². The number of rotatable bonds is 4. The summed E-state index contributed by atoms with van der Waals surface area (Å²) in [6.45, 7) is 3.08. The van der Waals surface area contributed by atoms with Crippen molar-refractivity contribution < 1.29 is 14.7 Å². The Morgan fingerprint density at radius 2 is 1.53 bits per heavy atom. The largest absolute Gasteiger partial charge is 0.481 e. The van der Waals surface area contributed by atoms with Crippen LogP contribution in [0.5, 0.6) is 0 Å². The van der Waals surface area contributed by atoms with Crippen molar-refractivity contribution in [3.63, 3.8) is 0 Å². The number of carboxylic acids is 1. The lowest BCUT2D eigenvalue weighted by Crippen LogP contribution is -2.25. The summed E-state index contributed by atoms with van der Waals surface area (Å²) in [6, 6.07) is 4.49. The third-order valence-corrected chi connectivity index (χ3v) is 3.14. The molecule has 0 bridgehead atoms. The van der Waals surface area contributed by atoms with Gasteiger partial charge in [-0.1, -0.05) is 37.0 Å². The highest BCUT2D eigenvalue weighted by Crippen LogP contribution is 2.23. The summed E-state index contributed by atoms with van der Waals surface area (Å²) < 4.78 is 0. The van der Waals surface area contributed by atoms with Gasteiger partial charge in [-0.3, -0.25) is 9.59 Å². The number of halogens is 2. The zero-order valence-electron chi connectivity index (χ0n) is 9.41. The standard InChI is InChI=1S/C12H12Cl2O3/c1-6(7(2)12(16)17)11(15)8-3-9(13)5-10(14)4-8/h3-7H,1-2H3,(H,16,17).